The van der Waals surface area contributed by atoms with Gasteiger partial charge in [0.2, 0.25) is 12.7 Å². The number of anilines is 3. The summed E-state index contributed by atoms with van der Waals surface area (Å²) in [6, 6.07) is 5.46. The molecule has 0 amide bonds. The molecule has 1 aliphatic rings. The van der Waals surface area contributed by atoms with E-state index in [1.165, 1.54) is 0 Å². The Morgan fingerprint density at radius 1 is 1.29 bits per heavy atom. The van der Waals surface area contributed by atoms with Crippen LogP contribution in [0.3, 0.4) is 0 Å². The van der Waals surface area contributed by atoms with Crippen molar-refractivity contribution in [2.24, 2.45) is 5.92 Å². The van der Waals surface area contributed by atoms with Crippen LogP contribution in [0.1, 0.15) is 13.8 Å². The minimum Gasteiger partial charge on any atom is -0.454 e. The van der Waals surface area contributed by atoms with Crippen molar-refractivity contribution in [1.82, 2.24) is 9.97 Å². The molecule has 3 rings (SSSR count). The van der Waals surface area contributed by atoms with Crippen molar-refractivity contribution in [2.45, 2.75) is 19.9 Å². The summed E-state index contributed by atoms with van der Waals surface area (Å²) in [7, 11) is 0. The van der Waals surface area contributed by atoms with E-state index in [0.29, 0.717) is 17.5 Å². The number of nitrogens with one attached hydrogen (secondary N) is 2. The largest absolute Gasteiger partial charge is 0.454 e. The summed E-state index contributed by atoms with van der Waals surface area (Å²) in [5.41, 5.74) is 0.801. The number of hydrogen-bond donors (Lipinski definition) is 3. The number of hydrogen-bond acceptors (Lipinski definition) is 7. The van der Waals surface area contributed by atoms with Crippen LogP contribution < -0.4 is 20.1 Å². The van der Waals surface area contributed by atoms with Crippen LogP contribution in [0.25, 0.3) is 0 Å². The van der Waals surface area contributed by atoms with Gasteiger partial charge in [-0.1, -0.05) is 13.8 Å². The molecule has 2 heterocycles. The van der Waals surface area contributed by atoms with E-state index >= 15 is 0 Å². The van der Waals surface area contributed by atoms with Gasteiger partial charge in [-0.3, -0.25) is 0 Å². The first-order chi connectivity index (χ1) is 11.6. The summed E-state index contributed by atoms with van der Waals surface area (Å²) < 4.78 is 11.4. The minimum absolute atomic E-state index is 0.0268. The first-order valence-corrected chi connectivity index (χ1v) is 8.42. The summed E-state index contributed by atoms with van der Waals surface area (Å²) >= 11 is 3.43. The van der Waals surface area contributed by atoms with Crippen molar-refractivity contribution in [3.63, 3.8) is 0 Å². The monoisotopic (exact) mass is 394 g/mol. The highest BCUT2D eigenvalue weighted by Crippen LogP contribution is 2.35. The van der Waals surface area contributed by atoms with Crippen LogP contribution in [0.4, 0.5) is 17.5 Å². The van der Waals surface area contributed by atoms with Crippen LogP contribution in [-0.2, 0) is 0 Å². The van der Waals surface area contributed by atoms with Crippen molar-refractivity contribution >= 4 is 33.4 Å². The van der Waals surface area contributed by atoms with Crippen molar-refractivity contribution in [3.05, 3.63) is 28.9 Å². The zero-order valence-electron chi connectivity index (χ0n) is 13.4. The van der Waals surface area contributed by atoms with Gasteiger partial charge in [-0.15, -0.1) is 0 Å². The standard InChI is InChI=1S/C16H19BrN4O3/c1-9(2)12(7-22)20-15-11(17)6-18-16(21-15)19-10-3-4-13-14(5-10)24-8-23-13/h3-6,9,12,22H,7-8H2,1-2H3,(H2,18,19,20,21)/t12-/m0/s1. The second-order valence-electron chi connectivity index (χ2n) is 5.76. The molecule has 8 heteroatoms. The average molecular weight is 395 g/mol. The van der Waals surface area contributed by atoms with Crippen LogP contribution in [0.15, 0.2) is 28.9 Å². The third-order valence-corrected chi connectivity index (χ3v) is 4.28. The molecular weight excluding hydrogens is 376 g/mol. The fourth-order valence-electron chi connectivity index (χ4n) is 2.23. The second-order valence-corrected chi connectivity index (χ2v) is 6.61. The third kappa shape index (κ3) is 3.70. The number of fused-ring (bicyclic) bond motifs is 1. The quantitative estimate of drug-likeness (QED) is 0.693. The topological polar surface area (TPSA) is 88.5 Å². The normalized spacial score (nSPS) is 13.9. The SMILES string of the molecule is CC(C)[C@H](CO)Nc1nc(Nc2ccc3c(c2)OCO3)ncc1Br. The average Bonchev–Trinajstić information content (AvgIpc) is 3.02. The van der Waals surface area contributed by atoms with E-state index in [1.54, 1.807) is 6.20 Å². The zero-order chi connectivity index (χ0) is 17.1. The van der Waals surface area contributed by atoms with E-state index in [2.05, 4.69) is 36.5 Å². The Balaban J connectivity index is 1.78. The van der Waals surface area contributed by atoms with E-state index in [9.17, 15) is 5.11 Å². The molecule has 0 spiro atoms. The van der Waals surface area contributed by atoms with Crippen molar-refractivity contribution < 1.29 is 14.6 Å². The van der Waals surface area contributed by atoms with Gasteiger partial charge in [-0.2, -0.15) is 4.98 Å². The molecule has 0 bridgehead atoms. The summed E-state index contributed by atoms with van der Waals surface area (Å²) in [6.07, 6.45) is 1.67. The van der Waals surface area contributed by atoms with E-state index < -0.39 is 0 Å². The molecule has 1 aromatic carbocycles. The van der Waals surface area contributed by atoms with Gasteiger partial charge < -0.3 is 25.2 Å². The van der Waals surface area contributed by atoms with Crippen LogP contribution >= 0.6 is 15.9 Å². The molecule has 1 aliphatic heterocycles. The fourth-order valence-corrected chi connectivity index (χ4v) is 2.54. The summed E-state index contributed by atoms with van der Waals surface area (Å²) in [5, 5.41) is 15.9. The number of rotatable bonds is 6. The third-order valence-electron chi connectivity index (χ3n) is 3.70. The molecule has 1 atom stereocenters. The molecular formula is C16H19BrN4O3. The second kappa shape index (κ2) is 7.23. The maximum Gasteiger partial charge on any atom is 0.231 e. The summed E-state index contributed by atoms with van der Waals surface area (Å²) in [6.45, 7) is 4.34. The Hall–Kier alpha value is -2.06. The Morgan fingerprint density at radius 2 is 2.08 bits per heavy atom. The maximum atomic E-state index is 9.48. The molecule has 0 saturated heterocycles. The lowest BCUT2D eigenvalue weighted by molar-refractivity contribution is 0.174. The molecule has 2 aromatic rings. The highest BCUT2D eigenvalue weighted by atomic mass is 79.9. The molecule has 24 heavy (non-hydrogen) atoms. The van der Waals surface area contributed by atoms with Gasteiger partial charge in [-0.05, 0) is 34.0 Å². The smallest absolute Gasteiger partial charge is 0.231 e. The molecule has 0 aliphatic carbocycles. The molecule has 7 nitrogen and oxygen atoms in total. The number of benzene rings is 1. The van der Waals surface area contributed by atoms with Crippen LogP contribution in [0.5, 0.6) is 11.5 Å². The highest BCUT2D eigenvalue weighted by molar-refractivity contribution is 9.10. The lowest BCUT2D eigenvalue weighted by Gasteiger charge is -2.21. The first-order valence-electron chi connectivity index (χ1n) is 7.63. The van der Waals surface area contributed by atoms with E-state index in [0.717, 1.165) is 15.9 Å². The lowest BCUT2D eigenvalue weighted by atomic mass is 10.1. The van der Waals surface area contributed by atoms with Gasteiger partial charge in [-0.25, -0.2) is 4.98 Å². The van der Waals surface area contributed by atoms with Crippen LogP contribution in [0, 0.1) is 5.92 Å². The predicted molar refractivity (Wildman–Crippen MR) is 94.9 cm³/mol. The summed E-state index contributed by atoms with van der Waals surface area (Å²) in [5.74, 6) is 2.75. The van der Waals surface area contributed by atoms with Crippen LogP contribution in [-0.4, -0.2) is 34.5 Å². The molecule has 1 aromatic heterocycles. The zero-order valence-corrected chi connectivity index (χ0v) is 15.0. The number of nitrogens with zero attached hydrogens (tertiary/aromatic N) is 2. The molecule has 0 saturated carbocycles. The Labute approximate surface area is 148 Å². The number of aliphatic hydroxyl groups is 1. The fraction of sp³-hybridized carbons (Fsp3) is 0.375. The number of ether oxygens (including phenoxy) is 2. The Kier molecular flexibility index (Phi) is 5.06. The van der Waals surface area contributed by atoms with Crippen molar-refractivity contribution in [2.75, 3.05) is 24.0 Å². The summed E-state index contributed by atoms with van der Waals surface area (Å²) in [4.78, 5) is 8.73. The lowest BCUT2D eigenvalue weighted by Crippen LogP contribution is -2.30. The van der Waals surface area contributed by atoms with E-state index in [1.807, 2.05) is 32.0 Å². The number of aromatic nitrogens is 2. The Bertz CT molecular complexity index is 726. The predicted octanol–water partition coefficient (Wildman–Crippen LogP) is 3.14. The van der Waals surface area contributed by atoms with Gasteiger partial charge in [0, 0.05) is 18.0 Å². The van der Waals surface area contributed by atoms with Crippen molar-refractivity contribution in [3.8, 4) is 11.5 Å². The minimum atomic E-state index is -0.0883. The number of halogens is 1. The molecule has 3 N–H and O–H groups in total. The van der Waals surface area contributed by atoms with Gasteiger partial charge in [0.25, 0.3) is 0 Å². The van der Waals surface area contributed by atoms with E-state index in [-0.39, 0.29) is 25.4 Å². The van der Waals surface area contributed by atoms with Gasteiger partial charge in [0.1, 0.15) is 5.82 Å². The molecule has 0 unspecified atom stereocenters. The van der Waals surface area contributed by atoms with E-state index in [4.69, 9.17) is 9.47 Å². The van der Waals surface area contributed by atoms with Crippen LogP contribution in [0.2, 0.25) is 0 Å². The molecule has 0 radical (unpaired) electrons. The Morgan fingerprint density at radius 3 is 2.83 bits per heavy atom. The van der Waals surface area contributed by atoms with Crippen molar-refractivity contribution in [1.29, 1.82) is 0 Å². The molecule has 128 valence electrons. The maximum absolute atomic E-state index is 9.48. The van der Waals surface area contributed by atoms with Gasteiger partial charge in [0.05, 0.1) is 17.1 Å². The molecule has 0 fully saturated rings. The first kappa shape index (κ1) is 16.8. The number of aliphatic hydroxyl groups excluding tert-OH is 1. The van der Waals surface area contributed by atoms with Gasteiger partial charge in [0.15, 0.2) is 11.5 Å². The van der Waals surface area contributed by atoms with Gasteiger partial charge >= 0.3 is 0 Å². The highest BCUT2D eigenvalue weighted by Gasteiger charge is 2.16.